The van der Waals surface area contributed by atoms with Crippen LogP contribution < -0.4 is 4.90 Å². The quantitative estimate of drug-likeness (QED) is 0.161. The second-order valence-corrected chi connectivity index (χ2v) is 15.7. The molecule has 12 rings (SSSR count). The van der Waals surface area contributed by atoms with E-state index in [1.807, 2.05) is 0 Å². The van der Waals surface area contributed by atoms with Gasteiger partial charge in [0.05, 0.1) is 16.7 Å². The van der Waals surface area contributed by atoms with Crippen LogP contribution in [-0.2, 0) is 0 Å². The number of hydrogen-bond donors (Lipinski definition) is 0. The van der Waals surface area contributed by atoms with Gasteiger partial charge in [0.25, 0.3) is 0 Å². The molecule has 12 aromatic rings. The summed E-state index contributed by atoms with van der Waals surface area (Å²) < 4.78 is 9.60. The number of para-hydroxylation sites is 2. The van der Waals surface area contributed by atoms with Crippen molar-refractivity contribution in [3.8, 4) is 39.1 Å². The normalized spacial score (nSPS) is 11.6. The van der Waals surface area contributed by atoms with Gasteiger partial charge in [-0.05, 0) is 105 Å². The Labute approximate surface area is 353 Å². The van der Waals surface area contributed by atoms with Gasteiger partial charge in [0.1, 0.15) is 5.58 Å². The minimum Gasteiger partial charge on any atom is -0.454 e. The fourth-order valence-electron chi connectivity index (χ4n) is 9.45. The molecule has 3 nitrogen and oxygen atoms in total. The van der Waals surface area contributed by atoms with Gasteiger partial charge in [0.2, 0.25) is 0 Å². The van der Waals surface area contributed by atoms with E-state index in [9.17, 15) is 0 Å². The number of furan rings is 1. The molecule has 0 aliphatic carbocycles. The van der Waals surface area contributed by atoms with Gasteiger partial charge in [0.15, 0.2) is 5.58 Å². The first-order chi connectivity index (χ1) is 30.3. The molecule has 0 unspecified atom stereocenters. The highest BCUT2D eigenvalue weighted by atomic mass is 16.3. The molecule has 0 saturated heterocycles. The van der Waals surface area contributed by atoms with Crippen LogP contribution in [0.2, 0.25) is 0 Å². The Morgan fingerprint density at radius 1 is 0.361 bits per heavy atom. The van der Waals surface area contributed by atoms with Crippen LogP contribution in [0.3, 0.4) is 0 Å². The highest BCUT2D eigenvalue weighted by molar-refractivity contribution is 6.28. The maximum atomic E-state index is 7.21. The molecule has 0 N–H and O–H groups in total. The first kappa shape index (κ1) is 34.9. The molecule has 0 spiro atoms. The van der Waals surface area contributed by atoms with Crippen molar-refractivity contribution >= 4 is 71.6 Å². The molecule has 0 amide bonds. The van der Waals surface area contributed by atoms with Crippen LogP contribution in [0.4, 0.5) is 17.1 Å². The lowest BCUT2D eigenvalue weighted by Gasteiger charge is -2.27. The summed E-state index contributed by atoms with van der Waals surface area (Å²) in [6.07, 6.45) is 0. The van der Waals surface area contributed by atoms with Crippen LogP contribution in [0.1, 0.15) is 0 Å². The molecule has 0 atom stereocenters. The minimum atomic E-state index is 0.845. The first-order valence-corrected chi connectivity index (χ1v) is 20.8. The van der Waals surface area contributed by atoms with Gasteiger partial charge >= 0.3 is 0 Å². The zero-order valence-corrected chi connectivity index (χ0v) is 33.2. The van der Waals surface area contributed by atoms with E-state index in [4.69, 9.17) is 4.42 Å². The van der Waals surface area contributed by atoms with Crippen LogP contribution in [0.5, 0.6) is 0 Å². The summed E-state index contributed by atoms with van der Waals surface area (Å²) in [4.78, 5) is 2.37. The average Bonchev–Trinajstić information content (AvgIpc) is 3.90. The molecule has 0 aliphatic rings. The largest absolute Gasteiger partial charge is 0.454 e. The first-order valence-electron chi connectivity index (χ1n) is 20.8. The number of benzene rings is 10. The zero-order chi connectivity index (χ0) is 40.3. The van der Waals surface area contributed by atoms with Gasteiger partial charge in [-0.2, -0.15) is 0 Å². The number of fused-ring (bicyclic) bond motifs is 8. The number of rotatable bonds is 7. The van der Waals surface area contributed by atoms with Crippen LogP contribution in [0.25, 0.3) is 93.6 Å². The summed E-state index contributed by atoms with van der Waals surface area (Å²) in [6.45, 7) is 0. The van der Waals surface area contributed by atoms with E-state index in [0.29, 0.717) is 0 Å². The van der Waals surface area contributed by atoms with Gasteiger partial charge in [-0.1, -0.05) is 170 Å². The molecule has 286 valence electrons. The molecular formula is C58H38N2O. The number of nitrogens with zero attached hydrogens (tertiary/aromatic N) is 2. The van der Waals surface area contributed by atoms with Crippen LogP contribution >= 0.6 is 0 Å². The molecule has 3 heteroatoms. The van der Waals surface area contributed by atoms with Crippen LogP contribution in [-0.4, -0.2) is 4.57 Å². The van der Waals surface area contributed by atoms with E-state index in [1.54, 1.807) is 0 Å². The van der Waals surface area contributed by atoms with Crippen molar-refractivity contribution in [2.24, 2.45) is 0 Å². The van der Waals surface area contributed by atoms with Crippen molar-refractivity contribution in [3.05, 3.63) is 231 Å². The van der Waals surface area contributed by atoms with Crippen molar-refractivity contribution in [3.63, 3.8) is 0 Å². The van der Waals surface area contributed by atoms with E-state index in [1.165, 1.54) is 44.1 Å². The molecule has 2 aromatic heterocycles. The lowest BCUT2D eigenvalue weighted by molar-refractivity contribution is 0.669. The van der Waals surface area contributed by atoms with E-state index in [2.05, 4.69) is 240 Å². The van der Waals surface area contributed by atoms with Crippen molar-refractivity contribution < 1.29 is 4.42 Å². The van der Waals surface area contributed by atoms with Gasteiger partial charge in [-0.25, -0.2) is 0 Å². The molecule has 0 bridgehead atoms. The van der Waals surface area contributed by atoms with Gasteiger partial charge in [-0.15, -0.1) is 0 Å². The second kappa shape index (κ2) is 14.3. The highest BCUT2D eigenvalue weighted by Crippen LogP contribution is 2.49. The van der Waals surface area contributed by atoms with Crippen molar-refractivity contribution in [2.75, 3.05) is 4.90 Å². The third kappa shape index (κ3) is 5.74. The second-order valence-electron chi connectivity index (χ2n) is 15.7. The zero-order valence-electron chi connectivity index (χ0n) is 33.2. The van der Waals surface area contributed by atoms with Crippen LogP contribution in [0, 0.1) is 0 Å². The lowest BCUT2D eigenvalue weighted by Crippen LogP contribution is -2.10. The number of hydrogen-bond acceptors (Lipinski definition) is 2. The lowest BCUT2D eigenvalue weighted by atomic mass is 9.93. The topological polar surface area (TPSA) is 21.3 Å². The molecular weight excluding hydrogens is 741 g/mol. The molecule has 61 heavy (non-hydrogen) atoms. The van der Waals surface area contributed by atoms with E-state index in [0.717, 1.165) is 66.6 Å². The Hall–Kier alpha value is -8.14. The summed E-state index contributed by atoms with van der Waals surface area (Å²) >= 11 is 0. The SMILES string of the molecule is c1ccc(-c2ccc(N(c3cccc(-c4ccccc4)c3)c3cc4ccccc4c4c3oc3cccc(-c5cccc6c5c5ccccc5n6-c5ccccc5)c34)cc2)cc1. The minimum absolute atomic E-state index is 0.845. The molecule has 0 fully saturated rings. The summed E-state index contributed by atoms with van der Waals surface area (Å²) in [7, 11) is 0. The standard InChI is InChI=1S/C58H38N2O/c1-4-17-39(18-5-1)41-33-35-45(36-34-41)59(46-25-14-22-42(37-46)40-19-6-2-7-20-40)53-38-43-21-10-11-26-47(43)57-56-49(29-16-32-54(56)61-58(53)57)48-28-15-31-52-55(48)50-27-12-13-30-51(50)60(52)44-23-8-3-9-24-44/h1-38H. The third-order valence-corrected chi connectivity index (χ3v) is 12.2. The van der Waals surface area contributed by atoms with Crippen molar-refractivity contribution in [1.29, 1.82) is 0 Å². The Morgan fingerprint density at radius 2 is 0.934 bits per heavy atom. The van der Waals surface area contributed by atoms with Crippen molar-refractivity contribution in [1.82, 2.24) is 4.57 Å². The predicted octanol–water partition coefficient (Wildman–Crippen LogP) is 16.3. The van der Waals surface area contributed by atoms with Crippen molar-refractivity contribution in [2.45, 2.75) is 0 Å². The Bertz CT molecular complexity index is 3570. The Kier molecular flexibility index (Phi) is 8.17. The smallest absolute Gasteiger partial charge is 0.160 e. The van der Waals surface area contributed by atoms with E-state index < -0.39 is 0 Å². The summed E-state index contributed by atoms with van der Waals surface area (Å²) in [5.74, 6) is 0. The summed E-state index contributed by atoms with van der Waals surface area (Å²) in [5, 5.41) is 6.96. The highest BCUT2D eigenvalue weighted by Gasteiger charge is 2.25. The van der Waals surface area contributed by atoms with Gasteiger partial charge in [0, 0.05) is 38.6 Å². The molecule has 0 aliphatic heterocycles. The van der Waals surface area contributed by atoms with E-state index >= 15 is 0 Å². The molecule has 0 radical (unpaired) electrons. The average molecular weight is 779 g/mol. The Morgan fingerprint density at radius 3 is 1.70 bits per heavy atom. The maximum absolute atomic E-state index is 7.21. The number of anilines is 3. The van der Waals surface area contributed by atoms with Gasteiger partial charge in [-0.3, -0.25) is 0 Å². The Balaban J connectivity index is 1.14. The number of aromatic nitrogens is 1. The summed E-state index contributed by atoms with van der Waals surface area (Å²) in [6, 6.07) is 82.7. The molecule has 0 saturated carbocycles. The van der Waals surface area contributed by atoms with Gasteiger partial charge < -0.3 is 13.9 Å². The molecule has 2 heterocycles. The third-order valence-electron chi connectivity index (χ3n) is 12.2. The molecule has 10 aromatic carbocycles. The summed E-state index contributed by atoms with van der Waals surface area (Å²) in [5.41, 5.74) is 15.2. The van der Waals surface area contributed by atoms with Crippen LogP contribution in [0.15, 0.2) is 235 Å². The predicted molar refractivity (Wildman–Crippen MR) is 257 cm³/mol. The monoisotopic (exact) mass is 778 g/mol. The maximum Gasteiger partial charge on any atom is 0.160 e. The van der Waals surface area contributed by atoms with E-state index in [-0.39, 0.29) is 0 Å². The fourth-order valence-corrected chi connectivity index (χ4v) is 9.45. The fraction of sp³-hybridized carbons (Fsp3) is 0.